The van der Waals surface area contributed by atoms with E-state index in [1.54, 1.807) is 5.56 Å². The molecule has 5 rings (SSSR count). The summed E-state index contributed by atoms with van der Waals surface area (Å²) in [5.41, 5.74) is 10.2. The molecule has 0 radical (unpaired) electrons. The minimum atomic E-state index is -0.146. The maximum Gasteiger partial charge on any atom is 0.110 e. The van der Waals surface area contributed by atoms with E-state index < -0.39 is 0 Å². The zero-order chi connectivity index (χ0) is 13.9. The monoisotopic (exact) mass is 269 g/mol. The molecule has 3 N–H and O–H groups in total. The third kappa shape index (κ3) is 1.84. The average Bonchev–Trinajstić information content (AvgIpc) is 2.79. The van der Waals surface area contributed by atoms with Gasteiger partial charge >= 0.3 is 0 Å². The molecule has 3 aliphatic rings. The second kappa shape index (κ2) is 4.01. The Balaban J connectivity index is 1.84. The molecule has 0 spiro atoms. The smallest absolute Gasteiger partial charge is 0.110 e. The first kappa shape index (κ1) is 12.3. The van der Waals surface area contributed by atoms with Crippen LogP contribution in [0, 0.1) is 0 Å². The highest BCUT2D eigenvalue weighted by Crippen LogP contribution is 2.45. The van der Waals surface area contributed by atoms with Gasteiger partial charge in [0.15, 0.2) is 0 Å². The van der Waals surface area contributed by atoms with Crippen molar-refractivity contribution in [1.29, 1.82) is 0 Å². The molecule has 20 heavy (non-hydrogen) atoms. The third-order valence-corrected chi connectivity index (χ3v) is 4.76. The predicted molar refractivity (Wildman–Crippen MR) is 84.5 cm³/mol. The van der Waals surface area contributed by atoms with Gasteiger partial charge in [0.2, 0.25) is 0 Å². The van der Waals surface area contributed by atoms with Crippen LogP contribution in [0.4, 0.5) is 5.82 Å². The molecule has 1 saturated heterocycles. The highest BCUT2D eigenvalue weighted by molar-refractivity contribution is 5.91. The molecule has 1 aromatic heterocycles. The van der Waals surface area contributed by atoms with Crippen molar-refractivity contribution in [3.05, 3.63) is 29.3 Å². The van der Waals surface area contributed by atoms with Gasteiger partial charge in [0.25, 0.3) is 0 Å². The van der Waals surface area contributed by atoms with E-state index in [9.17, 15) is 0 Å². The Kier molecular flexibility index (Phi) is 2.46. The third-order valence-electron chi connectivity index (χ3n) is 4.76. The van der Waals surface area contributed by atoms with Crippen LogP contribution < -0.4 is 10.6 Å². The first-order valence-corrected chi connectivity index (χ1v) is 7.70. The lowest BCUT2D eigenvalue weighted by atomic mass is 9.84. The number of aromatic amines is 1. The summed E-state index contributed by atoms with van der Waals surface area (Å²) in [6.07, 6.45) is 3.55. The zero-order valence-corrected chi connectivity index (χ0v) is 12.4. The largest absolute Gasteiger partial charge is 0.358 e. The number of hydrogen-bond donors (Lipinski definition) is 2. The molecule has 2 bridgehead atoms. The van der Waals surface area contributed by atoms with Crippen molar-refractivity contribution in [2.75, 3.05) is 18.0 Å². The van der Waals surface area contributed by atoms with Gasteiger partial charge in [-0.15, -0.1) is 0 Å². The first-order chi connectivity index (χ1) is 9.51. The van der Waals surface area contributed by atoms with E-state index in [2.05, 4.69) is 41.9 Å². The van der Waals surface area contributed by atoms with Crippen LogP contribution in [0.5, 0.6) is 0 Å². The topological polar surface area (TPSA) is 45.1 Å². The number of H-pyrrole nitrogens is 1. The molecule has 1 fully saturated rings. The minimum absolute atomic E-state index is 0.146. The van der Waals surface area contributed by atoms with Gasteiger partial charge < -0.3 is 15.6 Å². The van der Waals surface area contributed by atoms with E-state index in [1.165, 1.54) is 48.2 Å². The number of piperidine rings is 1. The Hall–Kier alpha value is -1.48. The maximum atomic E-state index is 6.17. The van der Waals surface area contributed by atoms with Crippen LogP contribution in [0.1, 0.15) is 43.7 Å². The summed E-state index contributed by atoms with van der Waals surface area (Å²) in [6, 6.07) is 6.81. The number of nitrogens with one attached hydrogen (secondary N) is 1. The second-order valence-electron chi connectivity index (χ2n) is 7.19. The molecule has 4 heterocycles. The van der Waals surface area contributed by atoms with Gasteiger partial charge in [-0.3, -0.25) is 0 Å². The van der Waals surface area contributed by atoms with Crippen molar-refractivity contribution in [1.82, 2.24) is 4.98 Å². The first-order valence-electron chi connectivity index (χ1n) is 7.70. The standard InChI is InChI=1S/C17H23N3/c1-17(2,18)10-11-3-4-14-13(9-11)15-12-5-7-20(8-6-12)16(15)19-14/h3-4,9,12,19H,5-8,10,18H2,1-2H3. The van der Waals surface area contributed by atoms with E-state index in [0.29, 0.717) is 0 Å². The maximum absolute atomic E-state index is 6.17. The Morgan fingerprint density at radius 1 is 1.30 bits per heavy atom. The quantitative estimate of drug-likeness (QED) is 0.879. The SMILES string of the molecule is CC(C)(N)Cc1ccc2[nH]c3c(c2c1)C1CCN3CC1. The van der Waals surface area contributed by atoms with Crippen molar-refractivity contribution in [2.45, 2.75) is 44.6 Å². The van der Waals surface area contributed by atoms with Gasteiger partial charge in [-0.05, 0) is 56.7 Å². The van der Waals surface area contributed by atoms with Crippen molar-refractivity contribution >= 4 is 16.7 Å². The average molecular weight is 269 g/mol. The van der Waals surface area contributed by atoms with Gasteiger partial charge in [-0.1, -0.05) is 6.07 Å². The van der Waals surface area contributed by atoms with Crippen LogP contribution >= 0.6 is 0 Å². The fourth-order valence-corrected chi connectivity index (χ4v) is 3.94. The summed E-state index contributed by atoms with van der Waals surface area (Å²) in [7, 11) is 0. The number of nitrogens with zero attached hydrogens (tertiary/aromatic N) is 1. The summed E-state index contributed by atoms with van der Waals surface area (Å²) in [5.74, 6) is 2.14. The van der Waals surface area contributed by atoms with Crippen LogP contribution in [-0.2, 0) is 6.42 Å². The number of fused-ring (bicyclic) bond motifs is 3. The van der Waals surface area contributed by atoms with Gasteiger partial charge in [0.05, 0.1) is 0 Å². The Morgan fingerprint density at radius 3 is 2.75 bits per heavy atom. The lowest BCUT2D eigenvalue weighted by Crippen LogP contribution is -2.38. The summed E-state index contributed by atoms with van der Waals surface area (Å²) >= 11 is 0. The fraction of sp³-hybridized carbons (Fsp3) is 0.529. The second-order valence-corrected chi connectivity index (χ2v) is 7.19. The van der Waals surface area contributed by atoms with E-state index in [0.717, 1.165) is 12.3 Å². The molecule has 2 aromatic rings. The van der Waals surface area contributed by atoms with Crippen LogP contribution in [0.3, 0.4) is 0 Å². The molecule has 0 atom stereocenters. The van der Waals surface area contributed by atoms with Gasteiger partial charge in [0, 0.05) is 35.1 Å². The molecule has 1 aromatic carbocycles. The summed E-state index contributed by atoms with van der Waals surface area (Å²) in [6.45, 7) is 6.62. The molecular formula is C17H23N3. The van der Waals surface area contributed by atoms with Crippen molar-refractivity contribution < 1.29 is 0 Å². The Bertz CT molecular complexity index is 655. The molecule has 3 nitrogen and oxygen atoms in total. The Labute approximate surface area is 120 Å². The number of benzene rings is 1. The number of aromatic nitrogens is 1. The molecule has 0 saturated carbocycles. The van der Waals surface area contributed by atoms with Gasteiger partial charge in [0.1, 0.15) is 5.82 Å². The van der Waals surface area contributed by atoms with Crippen LogP contribution in [0.2, 0.25) is 0 Å². The Morgan fingerprint density at radius 2 is 2.05 bits per heavy atom. The molecule has 3 aliphatic heterocycles. The molecule has 0 amide bonds. The van der Waals surface area contributed by atoms with E-state index in [-0.39, 0.29) is 5.54 Å². The highest BCUT2D eigenvalue weighted by Gasteiger charge is 2.33. The number of nitrogens with two attached hydrogens (primary N) is 1. The molecule has 106 valence electrons. The minimum Gasteiger partial charge on any atom is -0.358 e. The molecular weight excluding hydrogens is 246 g/mol. The number of anilines is 1. The molecule has 0 unspecified atom stereocenters. The number of rotatable bonds is 2. The fourth-order valence-electron chi connectivity index (χ4n) is 3.94. The van der Waals surface area contributed by atoms with E-state index in [1.807, 2.05) is 0 Å². The van der Waals surface area contributed by atoms with Gasteiger partial charge in [-0.25, -0.2) is 0 Å². The van der Waals surface area contributed by atoms with Gasteiger partial charge in [-0.2, -0.15) is 0 Å². The highest BCUT2D eigenvalue weighted by atomic mass is 15.2. The molecule has 3 heteroatoms. The normalized spacial score (nSPS) is 18.9. The van der Waals surface area contributed by atoms with Crippen LogP contribution in [-0.4, -0.2) is 23.6 Å². The predicted octanol–water partition coefficient (Wildman–Crippen LogP) is 3.15. The van der Waals surface area contributed by atoms with Crippen molar-refractivity contribution in [3.8, 4) is 0 Å². The van der Waals surface area contributed by atoms with Crippen LogP contribution in [0.15, 0.2) is 18.2 Å². The van der Waals surface area contributed by atoms with E-state index >= 15 is 0 Å². The van der Waals surface area contributed by atoms with Crippen LogP contribution in [0.25, 0.3) is 10.9 Å². The lowest BCUT2D eigenvalue weighted by Gasteiger charge is -2.40. The van der Waals surface area contributed by atoms with Crippen molar-refractivity contribution in [3.63, 3.8) is 0 Å². The summed E-state index contributed by atoms with van der Waals surface area (Å²) < 4.78 is 0. The number of hydrogen-bond acceptors (Lipinski definition) is 2. The van der Waals surface area contributed by atoms with E-state index in [4.69, 9.17) is 5.73 Å². The summed E-state index contributed by atoms with van der Waals surface area (Å²) in [5, 5.41) is 1.43. The molecule has 0 aliphatic carbocycles. The zero-order valence-electron chi connectivity index (χ0n) is 12.4. The van der Waals surface area contributed by atoms with Crippen molar-refractivity contribution in [2.24, 2.45) is 5.73 Å². The summed E-state index contributed by atoms with van der Waals surface area (Å²) in [4.78, 5) is 6.15. The lowest BCUT2D eigenvalue weighted by molar-refractivity contribution is 0.475.